The Kier molecular flexibility index (Phi) is 5.95. The predicted octanol–water partition coefficient (Wildman–Crippen LogP) is 1.17. The zero-order valence-corrected chi connectivity index (χ0v) is 11.4. The highest BCUT2D eigenvalue weighted by Crippen LogP contribution is 2.04. The lowest BCUT2D eigenvalue weighted by Crippen LogP contribution is -2.42. The second-order valence-corrected chi connectivity index (χ2v) is 4.89. The molecule has 0 radical (unpaired) electrons. The molecule has 0 fully saturated rings. The molecule has 0 aliphatic rings. The van der Waals surface area contributed by atoms with E-state index in [1.807, 2.05) is 20.8 Å². The Balaban J connectivity index is 4.04. The van der Waals surface area contributed by atoms with Crippen molar-refractivity contribution in [2.45, 2.75) is 33.2 Å². The van der Waals surface area contributed by atoms with Gasteiger partial charge in [-0.3, -0.25) is 9.63 Å². The highest BCUT2D eigenvalue weighted by Gasteiger charge is 2.20. The third kappa shape index (κ3) is 6.78. The molecule has 0 bridgehead atoms. The van der Waals surface area contributed by atoms with Crippen LogP contribution in [0.25, 0.3) is 0 Å². The van der Waals surface area contributed by atoms with E-state index in [2.05, 4.69) is 5.32 Å². The molecule has 17 heavy (non-hydrogen) atoms. The molecule has 0 aromatic heterocycles. The normalized spacial score (nSPS) is 12.8. The minimum Gasteiger partial charge on any atom is -0.449 e. The van der Waals surface area contributed by atoms with Gasteiger partial charge in [-0.2, -0.15) is 0 Å². The largest absolute Gasteiger partial charge is 0.449 e. The lowest BCUT2D eigenvalue weighted by Gasteiger charge is -2.22. The Morgan fingerprint density at radius 3 is 2.29 bits per heavy atom. The van der Waals surface area contributed by atoms with E-state index in [1.54, 1.807) is 6.92 Å². The Labute approximate surface area is 102 Å². The fourth-order valence-corrected chi connectivity index (χ4v) is 1.01. The van der Waals surface area contributed by atoms with Gasteiger partial charge in [-0.05, 0) is 20.8 Å². The number of nitrogens with one attached hydrogen (secondary N) is 1. The first-order chi connectivity index (χ1) is 7.67. The molecule has 0 aromatic carbocycles. The molecule has 1 unspecified atom stereocenters. The molecule has 0 aliphatic carbocycles. The van der Waals surface area contributed by atoms with Crippen LogP contribution in [0, 0.1) is 5.92 Å². The highest BCUT2D eigenvalue weighted by molar-refractivity contribution is 5.77. The summed E-state index contributed by atoms with van der Waals surface area (Å²) in [7, 11) is 2.91. The molecule has 6 heteroatoms. The van der Waals surface area contributed by atoms with Crippen molar-refractivity contribution in [2.75, 3.05) is 20.8 Å². The van der Waals surface area contributed by atoms with Crippen LogP contribution in [0.1, 0.15) is 27.7 Å². The number of hydrogen-bond acceptors (Lipinski definition) is 4. The molecule has 1 N–H and O–H groups in total. The first-order valence-electron chi connectivity index (χ1n) is 5.44. The van der Waals surface area contributed by atoms with E-state index in [1.165, 1.54) is 14.2 Å². The van der Waals surface area contributed by atoms with Crippen molar-refractivity contribution in [3.8, 4) is 0 Å². The summed E-state index contributed by atoms with van der Waals surface area (Å²) in [5.74, 6) is -0.679. The molecule has 0 heterocycles. The van der Waals surface area contributed by atoms with Crippen molar-refractivity contribution in [3.63, 3.8) is 0 Å². The van der Waals surface area contributed by atoms with Crippen molar-refractivity contribution in [1.82, 2.24) is 10.4 Å². The SMILES string of the molecule is CON(C)C(=O)C(C)COC(=O)NC(C)(C)C. The van der Waals surface area contributed by atoms with Gasteiger partial charge in [0.25, 0.3) is 5.91 Å². The molecular formula is C11H22N2O4. The number of rotatable bonds is 4. The van der Waals surface area contributed by atoms with Crippen molar-refractivity contribution in [1.29, 1.82) is 0 Å². The molecule has 100 valence electrons. The molecule has 0 rings (SSSR count). The molecule has 0 spiro atoms. The third-order valence-electron chi connectivity index (χ3n) is 1.95. The van der Waals surface area contributed by atoms with Crippen molar-refractivity contribution >= 4 is 12.0 Å². The predicted molar refractivity (Wildman–Crippen MR) is 63.2 cm³/mol. The molecule has 0 saturated carbocycles. The summed E-state index contributed by atoms with van der Waals surface area (Å²) in [6.45, 7) is 7.24. The lowest BCUT2D eigenvalue weighted by molar-refractivity contribution is -0.173. The maximum Gasteiger partial charge on any atom is 0.407 e. The molecule has 0 saturated heterocycles. The zero-order chi connectivity index (χ0) is 13.6. The Bertz CT molecular complexity index is 273. The first-order valence-corrected chi connectivity index (χ1v) is 5.44. The van der Waals surface area contributed by atoms with E-state index in [9.17, 15) is 9.59 Å². The van der Waals surface area contributed by atoms with E-state index in [0.717, 1.165) is 5.06 Å². The Morgan fingerprint density at radius 1 is 1.35 bits per heavy atom. The van der Waals surface area contributed by atoms with Gasteiger partial charge in [0, 0.05) is 12.6 Å². The number of nitrogens with zero attached hydrogens (tertiary/aromatic N) is 1. The molecule has 1 atom stereocenters. The van der Waals surface area contributed by atoms with Crippen LogP contribution in [0.5, 0.6) is 0 Å². The number of ether oxygens (including phenoxy) is 1. The number of carbonyl (C=O) groups is 2. The van der Waals surface area contributed by atoms with Gasteiger partial charge in [-0.15, -0.1) is 0 Å². The van der Waals surface area contributed by atoms with Crippen LogP contribution in [-0.4, -0.2) is 43.4 Å². The van der Waals surface area contributed by atoms with Gasteiger partial charge >= 0.3 is 6.09 Å². The van der Waals surface area contributed by atoms with Gasteiger partial charge < -0.3 is 10.1 Å². The van der Waals surface area contributed by atoms with Gasteiger partial charge in [0.2, 0.25) is 0 Å². The van der Waals surface area contributed by atoms with Gasteiger partial charge in [-0.1, -0.05) is 6.92 Å². The summed E-state index contributed by atoms with van der Waals surface area (Å²) in [5, 5.41) is 3.75. The van der Waals surface area contributed by atoms with Crippen LogP contribution in [-0.2, 0) is 14.4 Å². The fraction of sp³-hybridized carbons (Fsp3) is 0.818. The minimum atomic E-state index is -0.530. The van der Waals surface area contributed by atoms with E-state index < -0.39 is 12.0 Å². The second-order valence-electron chi connectivity index (χ2n) is 4.89. The van der Waals surface area contributed by atoms with Crippen LogP contribution in [0.3, 0.4) is 0 Å². The number of amides is 2. The van der Waals surface area contributed by atoms with E-state index in [0.29, 0.717) is 0 Å². The summed E-state index contributed by atoms with van der Waals surface area (Å²) >= 11 is 0. The lowest BCUT2D eigenvalue weighted by atomic mass is 10.1. The van der Waals surface area contributed by atoms with Crippen LogP contribution >= 0.6 is 0 Å². The van der Waals surface area contributed by atoms with Crippen LogP contribution < -0.4 is 5.32 Å². The summed E-state index contributed by atoms with van der Waals surface area (Å²) in [5.41, 5.74) is -0.354. The van der Waals surface area contributed by atoms with Gasteiger partial charge in [-0.25, -0.2) is 9.86 Å². The molecule has 0 aromatic rings. The number of carbonyl (C=O) groups excluding carboxylic acids is 2. The van der Waals surface area contributed by atoms with Crippen molar-refractivity contribution < 1.29 is 19.2 Å². The maximum absolute atomic E-state index is 11.6. The molecule has 2 amide bonds. The minimum absolute atomic E-state index is 0.0223. The van der Waals surface area contributed by atoms with Crippen LogP contribution in [0.15, 0.2) is 0 Å². The van der Waals surface area contributed by atoms with Gasteiger partial charge in [0.05, 0.1) is 13.0 Å². The average Bonchev–Trinajstić information content (AvgIpc) is 2.21. The summed E-state index contributed by atoms with van der Waals surface area (Å²) in [4.78, 5) is 27.6. The molecule has 6 nitrogen and oxygen atoms in total. The van der Waals surface area contributed by atoms with E-state index in [-0.39, 0.29) is 18.1 Å². The van der Waals surface area contributed by atoms with Crippen LogP contribution in [0.2, 0.25) is 0 Å². The van der Waals surface area contributed by atoms with Crippen molar-refractivity contribution in [3.05, 3.63) is 0 Å². The summed E-state index contributed by atoms with van der Waals surface area (Å²) in [6, 6.07) is 0. The Morgan fingerprint density at radius 2 is 1.88 bits per heavy atom. The maximum atomic E-state index is 11.6. The third-order valence-corrected chi connectivity index (χ3v) is 1.95. The number of alkyl carbamates (subject to hydrolysis) is 1. The van der Waals surface area contributed by atoms with Crippen LogP contribution in [0.4, 0.5) is 4.79 Å². The monoisotopic (exact) mass is 246 g/mol. The summed E-state index contributed by atoms with van der Waals surface area (Å²) < 4.78 is 4.94. The van der Waals surface area contributed by atoms with E-state index in [4.69, 9.17) is 9.57 Å². The zero-order valence-electron chi connectivity index (χ0n) is 11.4. The first kappa shape index (κ1) is 15.7. The second kappa shape index (κ2) is 6.44. The van der Waals surface area contributed by atoms with Gasteiger partial charge in [0.15, 0.2) is 0 Å². The van der Waals surface area contributed by atoms with Crippen molar-refractivity contribution in [2.24, 2.45) is 5.92 Å². The highest BCUT2D eigenvalue weighted by atomic mass is 16.7. The number of hydrogen-bond donors (Lipinski definition) is 1. The smallest absolute Gasteiger partial charge is 0.407 e. The van der Waals surface area contributed by atoms with Gasteiger partial charge in [0.1, 0.15) is 6.61 Å². The molecular weight excluding hydrogens is 224 g/mol. The topological polar surface area (TPSA) is 67.9 Å². The number of hydroxylamine groups is 2. The molecule has 0 aliphatic heterocycles. The quantitative estimate of drug-likeness (QED) is 0.756. The Hall–Kier alpha value is -1.30. The van der Waals surface area contributed by atoms with E-state index >= 15 is 0 Å². The average molecular weight is 246 g/mol. The summed E-state index contributed by atoms with van der Waals surface area (Å²) in [6.07, 6.45) is -0.530. The fourth-order valence-electron chi connectivity index (χ4n) is 1.01. The standard InChI is InChI=1S/C11H22N2O4/c1-8(9(14)13(5)16-6)7-17-10(15)12-11(2,3)4/h8H,7H2,1-6H3,(H,12,15).